The fourth-order valence-corrected chi connectivity index (χ4v) is 5.48. The first-order chi connectivity index (χ1) is 14.2. The van der Waals surface area contributed by atoms with Crippen LogP contribution in [0.2, 0.25) is 5.02 Å². The topological polar surface area (TPSA) is 70.1 Å². The molecule has 1 aromatic heterocycles. The van der Waals surface area contributed by atoms with Crippen LogP contribution in [0.25, 0.3) is 0 Å². The van der Waals surface area contributed by atoms with E-state index in [2.05, 4.69) is 32.9 Å². The molecule has 30 heavy (non-hydrogen) atoms. The Hall–Kier alpha value is -2.55. The van der Waals surface area contributed by atoms with Gasteiger partial charge in [-0.15, -0.1) is 11.3 Å². The summed E-state index contributed by atoms with van der Waals surface area (Å²) in [5, 5.41) is 10.7. The summed E-state index contributed by atoms with van der Waals surface area (Å²) in [6.07, 6.45) is 2.03. The Balaban J connectivity index is 1.92. The molecule has 2 heterocycles. The van der Waals surface area contributed by atoms with Crippen molar-refractivity contribution < 1.29 is 4.79 Å². The standard InChI is InChI=1S/C24H24ClN3OS/c1-24(2,3)20-12-11-19(30-20)21-16(13-26)23(27)28(15-9-7-14(25)8-10-15)17-5-4-6-18(29)22(17)21/h7-12,21H,4-6,27H2,1-3H3/t21-/m0/s1. The summed E-state index contributed by atoms with van der Waals surface area (Å²) in [5.74, 6) is 0.0950. The molecule has 1 aliphatic heterocycles. The quantitative estimate of drug-likeness (QED) is 0.625. The Morgan fingerprint density at radius 3 is 2.47 bits per heavy atom. The van der Waals surface area contributed by atoms with E-state index in [1.165, 1.54) is 4.88 Å². The van der Waals surface area contributed by atoms with Crippen molar-refractivity contribution in [3.8, 4) is 6.07 Å². The number of hydrogen-bond donors (Lipinski definition) is 1. The monoisotopic (exact) mass is 437 g/mol. The van der Waals surface area contributed by atoms with Gasteiger partial charge in [0.05, 0.1) is 17.6 Å². The third-order valence-corrected chi connectivity index (χ3v) is 7.48. The number of hydrogen-bond acceptors (Lipinski definition) is 5. The molecule has 2 N–H and O–H groups in total. The van der Waals surface area contributed by atoms with Crippen LogP contribution >= 0.6 is 22.9 Å². The maximum Gasteiger partial charge on any atom is 0.161 e. The van der Waals surface area contributed by atoms with Crippen molar-refractivity contribution in [1.82, 2.24) is 0 Å². The Labute approximate surface area is 186 Å². The zero-order chi connectivity index (χ0) is 21.6. The average Bonchev–Trinajstić information content (AvgIpc) is 3.19. The van der Waals surface area contributed by atoms with Crippen LogP contribution in [0.3, 0.4) is 0 Å². The van der Waals surface area contributed by atoms with Crippen molar-refractivity contribution in [3.05, 3.63) is 73.8 Å². The number of nitrogens with two attached hydrogens (primary N) is 1. The molecule has 2 aliphatic rings. The molecule has 0 saturated carbocycles. The van der Waals surface area contributed by atoms with E-state index in [4.69, 9.17) is 17.3 Å². The van der Waals surface area contributed by atoms with Gasteiger partial charge in [-0.05, 0) is 54.7 Å². The van der Waals surface area contributed by atoms with Crippen molar-refractivity contribution in [2.75, 3.05) is 4.90 Å². The van der Waals surface area contributed by atoms with Crippen molar-refractivity contribution >= 4 is 34.4 Å². The SMILES string of the molecule is CC(C)(C)c1ccc([C@@H]2C(C#N)=C(N)N(c3ccc(Cl)cc3)C3=C2C(=O)CCC3)s1. The highest BCUT2D eigenvalue weighted by molar-refractivity contribution is 7.12. The van der Waals surface area contributed by atoms with Crippen LogP contribution in [0.15, 0.2) is 59.1 Å². The van der Waals surface area contributed by atoms with Crippen LogP contribution in [-0.2, 0) is 10.2 Å². The number of ketones is 1. The molecular weight excluding hydrogens is 414 g/mol. The van der Waals surface area contributed by atoms with E-state index in [0.29, 0.717) is 28.4 Å². The second-order valence-corrected chi connectivity index (χ2v) is 10.3. The molecule has 2 aromatic rings. The second kappa shape index (κ2) is 7.61. The van der Waals surface area contributed by atoms with E-state index in [9.17, 15) is 10.1 Å². The van der Waals surface area contributed by atoms with Gasteiger partial charge >= 0.3 is 0 Å². The average molecular weight is 438 g/mol. The molecule has 0 bridgehead atoms. The van der Waals surface area contributed by atoms with E-state index in [-0.39, 0.29) is 11.2 Å². The smallest absolute Gasteiger partial charge is 0.161 e. The lowest BCUT2D eigenvalue weighted by Gasteiger charge is -2.39. The molecule has 1 aromatic carbocycles. The molecule has 1 atom stereocenters. The van der Waals surface area contributed by atoms with E-state index >= 15 is 0 Å². The maximum absolute atomic E-state index is 13.1. The normalized spacial score (nSPS) is 19.8. The first-order valence-corrected chi connectivity index (χ1v) is 11.2. The van der Waals surface area contributed by atoms with Gasteiger partial charge in [0.2, 0.25) is 0 Å². The van der Waals surface area contributed by atoms with Gasteiger partial charge in [0.25, 0.3) is 0 Å². The number of carbonyl (C=O) groups is 1. The molecule has 4 nitrogen and oxygen atoms in total. The molecule has 0 amide bonds. The maximum atomic E-state index is 13.1. The largest absolute Gasteiger partial charge is 0.384 e. The number of thiophene rings is 1. The summed E-state index contributed by atoms with van der Waals surface area (Å²) in [6.45, 7) is 6.49. The number of allylic oxidation sites excluding steroid dienone is 3. The number of nitriles is 1. The van der Waals surface area contributed by atoms with Gasteiger partial charge in [-0.25, -0.2) is 0 Å². The van der Waals surface area contributed by atoms with Gasteiger partial charge < -0.3 is 5.73 Å². The summed E-state index contributed by atoms with van der Waals surface area (Å²) >= 11 is 7.73. The molecular formula is C24H24ClN3OS. The Bertz CT molecular complexity index is 1110. The highest BCUT2D eigenvalue weighted by Crippen LogP contribution is 2.48. The lowest BCUT2D eigenvalue weighted by molar-refractivity contribution is -0.116. The first-order valence-electron chi connectivity index (χ1n) is 10.0. The molecule has 6 heteroatoms. The summed E-state index contributed by atoms with van der Waals surface area (Å²) < 4.78 is 0. The fraction of sp³-hybridized carbons (Fsp3) is 0.333. The number of halogens is 1. The van der Waals surface area contributed by atoms with Gasteiger partial charge in [-0.3, -0.25) is 9.69 Å². The van der Waals surface area contributed by atoms with E-state index < -0.39 is 5.92 Å². The lowest BCUT2D eigenvalue weighted by atomic mass is 9.78. The van der Waals surface area contributed by atoms with Gasteiger partial charge in [-0.1, -0.05) is 32.4 Å². The van der Waals surface area contributed by atoms with Gasteiger partial charge in [-0.2, -0.15) is 5.26 Å². The van der Waals surface area contributed by atoms with Gasteiger partial charge in [0.1, 0.15) is 5.82 Å². The van der Waals surface area contributed by atoms with E-state index in [0.717, 1.165) is 29.1 Å². The Morgan fingerprint density at radius 2 is 1.87 bits per heavy atom. The number of nitrogens with zero attached hydrogens (tertiary/aromatic N) is 2. The Morgan fingerprint density at radius 1 is 1.17 bits per heavy atom. The minimum Gasteiger partial charge on any atom is -0.384 e. The Kier molecular flexibility index (Phi) is 5.25. The zero-order valence-corrected chi connectivity index (χ0v) is 18.9. The minimum absolute atomic E-state index is 0.00275. The summed E-state index contributed by atoms with van der Waals surface area (Å²) in [6, 6.07) is 13.8. The van der Waals surface area contributed by atoms with Crippen LogP contribution in [-0.4, -0.2) is 5.78 Å². The van der Waals surface area contributed by atoms with Crippen molar-refractivity contribution in [3.63, 3.8) is 0 Å². The van der Waals surface area contributed by atoms with Crippen molar-refractivity contribution in [2.24, 2.45) is 5.73 Å². The highest BCUT2D eigenvalue weighted by atomic mass is 35.5. The van der Waals surface area contributed by atoms with E-state index in [1.54, 1.807) is 23.5 Å². The number of rotatable bonds is 2. The summed E-state index contributed by atoms with van der Waals surface area (Å²) in [4.78, 5) is 17.2. The van der Waals surface area contributed by atoms with Crippen LogP contribution in [0.5, 0.6) is 0 Å². The number of Topliss-reactive ketones (excluding diaryl/α,β-unsaturated/α-hetero) is 1. The molecule has 0 fully saturated rings. The van der Waals surface area contributed by atoms with Gasteiger partial charge in [0, 0.05) is 38.2 Å². The molecule has 0 radical (unpaired) electrons. The minimum atomic E-state index is -0.401. The predicted octanol–water partition coefficient (Wildman–Crippen LogP) is 6.00. The fourth-order valence-electron chi connectivity index (χ4n) is 4.17. The van der Waals surface area contributed by atoms with Crippen LogP contribution in [0.4, 0.5) is 5.69 Å². The zero-order valence-electron chi connectivity index (χ0n) is 17.3. The van der Waals surface area contributed by atoms with Crippen LogP contribution < -0.4 is 10.6 Å². The van der Waals surface area contributed by atoms with Crippen LogP contribution in [0.1, 0.15) is 55.7 Å². The number of benzene rings is 1. The molecule has 4 rings (SSSR count). The van der Waals surface area contributed by atoms with Crippen molar-refractivity contribution in [2.45, 2.75) is 51.4 Å². The van der Waals surface area contributed by atoms with E-state index in [1.807, 2.05) is 23.1 Å². The molecule has 1 aliphatic carbocycles. The molecule has 0 unspecified atom stereocenters. The van der Waals surface area contributed by atoms with Crippen molar-refractivity contribution in [1.29, 1.82) is 5.26 Å². The summed E-state index contributed by atoms with van der Waals surface area (Å²) in [7, 11) is 0. The van der Waals surface area contributed by atoms with Gasteiger partial charge in [0.15, 0.2) is 5.78 Å². The molecule has 154 valence electrons. The third kappa shape index (κ3) is 3.45. The third-order valence-electron chi connectivity index (χ3n) is 5.65. The predicted molar refractivity (Wildman–Crippen MR) is 122 cm³/mol. The molecule has 0 spiro atoms. The summed E-state index contributed by atoms with van der Waals surface area (Å²) in [5.41, 5.74) is 9.45. The number of anilines is 1. The highest BCUT2D eigenvalue weighted by Gasteiger charge is 2.41. The van der Waals surface area contributed by atoms with Crippen LogP contribution in [0, 0.1) is 11.3 Å². The number of carbonyl (C=O) groups excluding carboxylic acids is 1. The molecule has 0 saturated heterocycles. The first kappa shape index (κ1) is 20.7. The lowest BCUT2D eigenvalue weighted by Crippen LogP contribution is -2.38. The second-order valence-electron chi connectivity index (χ2n) is 8.74.